The second-order valence-corrected chi connectivity index (χ2v) is 9.06. The molecule has 2 aliphatic rings. The molecule has 1 aromatic heterocycles. The molecule has 1 unspecified atom stereocenters. The van der Waals surface area contributed by atoms with E-state index in [1.165, 1.54) is 15.9 Å². The van der Waals surface area contributed by atoms with Gasteiger partial charge in [0.05, 0.1) is 5.92 Å². The van der Waals surface area contributed by atoms with Gasteiger partial charge in [0, 0.05) is 11.6 Å². The molecule has 0 spiro atoms. The summed E-state index contributed by atoms with van der Waals surface area (Å²) < 4.78 is 1.89. The molecule has 2 aromatic carbocycles. The third kappa shape index (κ3) is 3.29. The Balaban J connectivity index is 1.33. The quantitative estimate of drug-likeness (QED) is 0.502. The predicted molar refractivity (Wildman–Crippen MR) is 119 cm³/mol. The van der Waals surface area contributed by atoms with Gasteiger partial charge >= 0.3 is 5.97 Å². The Kier molecular flexibility index (Phi) is 4.82. The minimum absolute atomic E-state index is 0.0769. The van der Waals surface area contributed by atoms with Gasteiger partial charge in [-0.1, -0.05) is 85.9 Å². The number of carbonyl (C=O) groups excluding carboxylic acids is 1. The van der Waals surface area contributed by atoms with Gasteiger partial charge in [-0.3, -0.25) is 0 Å². The number of pyridine rings is 1. The van der Waals surface area contributed by atoms with Crippen LogP contribution < -0.4 is 4.84 Å². The lowest BCUT2D eigenvalue weighted by molar-refractivity contribution is -0.149. The van der Waals surface area contributed by atoms with Crippen LogP contribution in [0.1, 0.15) is 30.9 Å². The topological polar surface area (TPSA) is 31.2 Å². The van der Waals surface area contributed by atoms with Crippen LogP contribution in [0.5, 0.6) is 0 Å². The number of aromatic nitrogens is 1. The van der Waals surface area contributed by atoms with Crippen LogP contribution in [0.2, 0.25) is 0 Å². The van der Waals surface area contributed by atoms with E-state index in [-0.39, 0.29) is 17.3 Å². The van der Waals surface area contributed by atoms with Gasteiger partial charge in [0.2, 0.25) is 0 Å². The molecule has 5 rings (SSSR count). The van der Waals surface area contributed by atoms with E-state index >= 15 is 0 Å². The van der Waals surface area contributed by atoms with E-state index in [4.69, 9.17) is 17.1 Å². The molecule has 30 heavy (non-hydrogen) atoms. The lowest BCUT2D eigenvalue weighted by Gasteiger charge is -2.20. The second-order valence-electron chi connectivity index (χ2n) is 8.64. The van der Waals surface area contributed by atoms with E-state index in [1.54, 1.807) is 12.3 Å². The van der Waals surface area contributed by atoms with Gasteiger partial charge in [0.1, 0.15) is 4.64 Å². The van der Waals surface area contributed by atoms with E-state index < -0.39 is 0 Å². The Morgan fingerprint density at radius 1 is 1.00 bits per heavy atom. The average Bonchev–Trinajstić information content (AvgIpc) is 3.69. The van der Waals surface area contributed by atoms with E-state index in [2.05, 4.69) is 60.7 Å². The highest BCUT2D eigenvalue weighted by molar-refractivity contribution is 7.71. The number of benzene rings is 2. The first-order chi connectivity index (χ1) is 14.6. The summed E-state index contributed by atoms with van der Waals surface area (Å²) in [5.74, 6) is 1.16. The fourth-order valence-electron chi connectivity index (χ4n) is 5.22. The van der Waals surface area contributed by atoms with Crippen molar-refractivity contribution >= 4 is 18.2 Å². The van der Waals surface area contributed by atoms with Crippen LogP contribution in [0.3, 0.4) is 0 Å². The minimum Gasteiger partial charge on any atom is -0.335 e. The lowest BCUT2D eigenvalue weighted by atomic mass is 9.84. The van der Waals surface area contributed by atoms with Gasteiger partial charge in [0.25, 0.3) is 0 Å². The monoisotopic (exact) mass is 415 g/mol. The molecule has 0 saturated heterocycles. The maximum atomic E-state index is 12.7. The van der Waals surface area contributed by atoms with Crippen LogP contribution in [0.4, 0.5) is 0 Å². The van der Waals surface area contributed by atoms with E-state index in [0.29, 0.717) is 22.4 Å². The first kappa shape index (κ1) is 19.3. The Labute approximate surface area is 182 Å². The van der Waals surface area contributed by atoms with Crippen molar-refractivity contribution in [2.24, 2.45) is 23.7 Å². The van der Waals surface area contributed by atoms with Crippen molar-refractivity contribution in [3.05, 3.63) is 101 Å². The summed E-state index contributed by atoms with van der Waals surface area (Å²) in [7, 11) is 0. The molecule has 3 nitrogen and oxygen atoms in total. The van der Waals surface area contributed by atoms with E-state index in [9.17, 15) is 4.79 Å². The molecule has 2 saturated carbocycles. The van der Waals surface area contributed by atoms with Gasteiger partial charge in [0.15, 0.2) is 0 Å². The molecule has 1 heterocycles. The standard InChI is InChI=1S/C26H25NO2S/c1-18(25(28)29-27-15-9-8-14-24(27)30)21-16-22(21)23-17-26(23,19-10-4-2-5-11-19)20-12-6-3-7-13-20/h2-15,18,21-23H,16-17H2,1H3/t18?,21-,22+,23-/m1/s1. The van der Waals surface area contributed by atoms with Crippen LogP contribution in [0.15, 0.2) is 85.1 Å². The molecule has 3 aromatic rings. The first-order valence-corrected chi connectivity index (χ1v) is 11.0. The highest BCUT2D eigenvalue weighted by Crippen LogP contribution is 2.69. The number of rotatable bonds is 6. The Morgan fingerprint density at radius 2 is 1.60 bits per heavy atom. The molecule has 2 fully saturated rings. The molecule has 152 valence electrons. The molecule has 4 heteroatoms. The van der Waals surface area contributed by atoms with Gasteiger partial charge < -0.3 is 4.84 Å². The van der Waals surface area contributed by atoms with Crippen molar-refractivity contribution in [2.75, 3.05) is 0 Å². The van der Waals surface area contributed by atoms with E-state index in [0.717, 1.165) is 12.8 Å². The van der Waals surface area contributed by atoms with Gasteiger partial charge in [-0.2, -0.15) is 4.73 Å². The summed E-state index contributed by atoms with van der Waals surface area (Å²) >= 11 is 5.24. The summed E-state index contributed by atoms with van der Waals surface area (Å²) in [4.78, 5) is 18.3. The zero-order valence-corrected chi connectivity index (χ0v) is 17.8. The molecule has 0 radical (unpaired) electrons. The Bertz CT molecular complexity index is 1070. The van der Waals surface area contributed by atoms with Crippen LogP contribution >= 0.6 is 12.2 Å². The highest BCUT2D eigenvalue weighted by Gasteiger charge is 2.65. The number of hydrogen-bond acceptors (Lipinski definition) is 3. The van der Waals surface area contributed by atoms with Gasteiger partial charge in [-0.05, 0) is 53.9 Å². The molecule has 4 atom stereocenters. The maximum Gasteiger partial charge on any atom is 0.335 e. The predicted octanol–water partition coefficient (Wildman–Crippen LogP) is 5.45. The van der Waals surface area contributed by atoms with Crippen molar-refractivity contribution in [2.45, 2.75) is 25.2 Å². The third-order valence-corrected chi connectivity index (χ3v) is 7.31. The van der Waals surface area contributed by atoms with Crippen LogP contribution in [0.25, 0.3) is 0 Å². The summed E-state index contributed by atoms with van der Waals surface area (Å²) in [6.07, 6.45) is 3.92. The summed E-state index contributed by atoms with van der Waals surface area (Å²) in [5, 5.41) is 0. The molecule has 0 bridgehead atoms. The van der Waals surface area contributed by atoms with E-state index in [1.807, 2.05) is 19.1 Å². The molecule has 0 aliphatic heterocycles. The summed E-state index contributed by atoms with van der Waals surface area (Å²) in [5.41, 5.74) is 2.85. The Morgan fingerprint density at radius 3 is 2.20 bits per heavy atom. The SMILES string of the molecule is CC(C(=O)On1ccccc1=S)[C@H]1C[C@@H]1[C@H]1CC1(c1ccccc1)c1ccccc1. The number of carbonyl (C=O) groups is 1. The van der Waals surface area contributed by atoms with Crippen molar-refractivity contribution < 1.29 is 9.63 Å². The highest BCUT2D eigenvalue weighted by atomic mass is 32.1. The molecular weight excluding hydrogens is 390 g/mol. The fraction of sp³-hybridized carbons (Fsp3) is 0.308. The first-order valence-electron chi connectivity index (χ1n) is 10.6. The number of hydrogen-bond donors (Lipinski definition) is 0. The summed E-state index contributed by atoms with van der Waals surface area (Å²) in [6, 6.07) is 27.1. The van der Waals surface area contributed by atoms with Crippen LogP contribution in [0, 0.1) is 28.3 Å². The third-order valence-electron chi connectivity index (χ3n) is 6.99. The van der Waals surface area contributed by atoms with Crippen molar-refractivity contribution in [1.29, 1.82) is 0 Å². The molecular formula is C26H25NO2S. The summed E-state index contributed by atoms with van der Waals surface area (Å²) in [6.45, 7) is 1.99. The van der Waals surface area contributed by atoms with Crippen molar-refractivity contribution in [3.63, 3.8) is 0 Å². The average molecular weight is 416 g/mol. The molecule has 0 N–H and O–H groups in total. The van der Waals surface area contributed by atoms with Gasteiger partial charge in [-0.15, -0.1) is 0 Å². The zero-order valence-electron chi connectivity index (χ0n) is 17.0. The lowest BCUT2D eigenvalue weighted by Crippen LogP contribution is -2.27. The fourth-order valence-corrected chi connectivity index (χ4v) is 5.40. The van der Waals surface area contributed by atoms with Crippen LogP contribution in [-0.2, 0) is 10.2 Å². The van der Waals surface area contributed by atoms with Crippen molar-refractivity contribution in [1.82, 2.24) is 4.73 Å². The minimum atomic E-state index is -0.199. The largest absolute Gasteiger partial charge is 0.335 e. The number of nitrogens with zero attached hydrogens (tertiary/aromatic N) is 1. The Hall–Kier alpha value is -2.72. The smallest absolute Gasteiger partial charge is 0.335 e. The zero-order chi connectivity index (χ0) is 20.7. The maximum absolute atomic E-state index is 12.7. The molecule has 2 aliphatic carbocycles. The van der Waals surface area contributed by atoms with Gasteiger partial charge in [-0.25, -0.2) is 4.79 Å². The normalized spacial score (nSPS) is 24.6. The van der Waals surface area contributed by atoms with Crippen molar-refractivity contribution in [3.8, 4) is 0 Å². The second kappa shape index (κ2) is 7.51. The molecule has 0 amide bonds. The van der Waals surface area contributed by atoms with Crippen LogP contribution in [-0.4, -0.2) is 10.7 Å².